The Morgan fingerprint density at radius 3 is 2.88 bits per heavy atom. The Labute approximate surface area is 110 Å². The molecule has 1 aliphatic rings. The van der Waals surface area contributed by atoms with Crippen molar-refractivity contribution in [2.45, 2.75) is 19.4 Å². The number of rotatable bonds is 5. The number of halogens is 2. The smallest absolute Gasteiger partial charge is 0.128 e. The van der Waals surface area contributed by atoms with Gasteiger partial charge in [-0.1, -0.05) is 22.9 Å². The molecular weight excluding hydrogens is 283 g/mol. The maximum Gasteiger partial charge on any atom is 0.128 e. The van der Waals surface area contributed by atoms with E-state index in [0.717, 1.165) is 22.9 Å². The van der Waals surface area contributed by atoms with Crippen molar-refractivity contribution in [1.82, 2.24) is 5.32 Å². The van der Waals surface area contributed by atoms with Gasteiger partial charge in [0, 0.05) is 22.6 Å². The van der Waals surface area contributed by atoms with Crippen LogP contribution in [0, 0.1) is 17.7 Å². The summed E-state index contributed by atoms with van der Waals surface area (Å²) in [4.78, 5) is 0. The predicted octanol–water partition coefficient (Wildman–Crippen LogP) is 2.83. The highest BCUT2D eigenvalue weighted by atomic mass is 79.9. The van der Waals surface area contributed by atoms with E-state index in [2.05, 4.69) is 28.2 Å². The van der Waals surface area contributed by atoms with Gasteiger partial charge in [-0.3, -0.25) is 0 Å². The van der Waals surface area contributed by atoms with Gasteiger partial charge in [-0.15, -0.1) is 0 Å². The number of hydrogen-bond donors (Lipinski definition) is 2. The van der Waals surface area contributed by atoms with Crippen molar-refractivity contribution in [1.29, 1.82) is 0 Å². The van der Waals surface area contributed by atoms with Crippen LogP contribution in [0.25, 0.3) is 0 Å². The van der Waals surface area contributed by atoms with Crippen LogP contribution in [0.4, 0.5) is 4.39 Å². The second-order valence-corrected chi connectivity index (χ2v) is 5.75. The van der Waals surface area contributed by atoms with Crippen LogP contribution in [0.3, 0.4) is 0 Å². The van der Waals surface area contributed by atoms with Crippen molar-refractivity contribution in [3.05, 3.63) is 34.1 Å². The van der Waals surface area contributed by atoms with Crippen LogP contribution in [0.2, 0.25) is 0 Å². The Morgan fingerprint density at radius 1 is 1.59 bits per heavy atom. The SMILES string of the molecule is CC1CC1CNC(CN)c1cc(Br)ccc1F. The molecule has 0 aromatic heterocycles. The van der Waals surface area contributed by atoms with Crippen molar-refractivity contribution in [2.24, 2.45) is 17.6 Å². The lowest BCUT2D eigenvalue weighted by Gasteiger charge is -2.18. The van der Waals surface area contributed by atoms with E-state index in [0.29, 0.717) is 12.1 Å². The quantitative estimate of drug-likeness (QED) is 0.877. The third-order valence-electron chi connectivity index (χ3n) is 3.47. The van der Waals surface area contributed by atoms with Gasteiger partial charge in [0.25, 0.3) is 0 Å². The van der Waals surface area contributed by atoms with E-state index in [4.69, 9.17) is 5.73 Å². The molecule has 0 saturated heterocycles. The maximum atomic E-state index is 13.7. The first-order chi connectivity index (χ1) is 8.11. The van der Waals surface area contributed by atoms with Gasteiger partial charge >= 0.3 is 0 Å². The minimum Gasteiger partial charge on any atom is -0.329 e. The normalized spacial score (nSPS) is 24.7. The highest BCUT2D eigenvalue weighted by molar-refractivity contribution is 9.10. The second-order valence-electron chi connectivity index (χ2n) is 4.84. The molecule has 0 heterocycles. The van der Waals surface area contributed by atoms with Crippen LogP contribution in [-0.2, 0) is 0 Å². The molecule has 1 fully saturated rings. The van der Waals surface area contributed by atoms with E-state index in [1.165, 1.54) is 12.5 Å². The standard InChI is InChI=1S/C13H18BrFN2/c1-8-4-9(8)7-17-13(6-16)11-5-10(14)2-3-12(11)15/h2-3,5,8-9,13,17H,4,6-7,16H2,1H3. The molecule has 0 aliphatic heterocycles. The van der Waals surface area contributed by atoms with Crippen molar-refractivity contribution < 1.29 is 4.39 Å². The molecule has 1 saturated carbocycles. The zero-order chi connectivity index (χ0) is 12.4. The van der Waals surface area contributed by atoms with Crippen molar-refractivity contribution >= 4 is 15.9 Å². The molecule has 1 aliphatic carbocycles. The Kier molecular flexibility index (Phi) is 4.17. The van der Waals surface area contributed by atoms with E-state index in [9.17, 15) is 4.39 Å². The van der Waals surface area contributed by atoms with Gasteiger partial charge in [0.15, 0.2) is 0 Å². The van der Waals surface area contributed by atoms with Gasteiger partial charge < -0.3 is 11.1 Å². The van der Waals surface area contributed by atoms with Gasteiger partial charge in [-0.05, 0) is 43.0 Å². The highest BCUT2D eigenvalue weighted by Crippen LogP contribution is 2.37. The van der Waals surface area contributed by atoms with E-state index < -0.39 is 0 Å². The fourth-order valence-electron chi connectivity index (χ4n) is 2.08. The zero-order valence-electron chi connectivity index (χ0n) is 9.92. The van der Waals surface area contributed by atoms with Crippen LogP contribution in [0.15, 0.2) is 22.7 Å². The minimum atomic E-state index is -0.194. The molecule has 0 spiro atoms. The molecule has 3 N–H and O–H groups in total. The monoisotopic (exact) mass is 300 g/mol. The highest BCUT2D eigenvalue weighted by Gasteiger charge is 2.32. The van der Waals surface area contributed by atoms with Crippen LogP contribution in [-0.4, -0.2) is 13.1 Å². The first-order valence-corrected chi connectivity index (χ1v) is 6.79. The second kappa shape index (κ2) is 5.46. The summed E-state index contributed by atoms with van der Waals surface area (Å²) in [6.45, 7) is 3.58. The predicted molar refractivity (Wildman–Crippen MR) is 71.2 cm³/mol. The molecule has 0 amide bonds. The van der Waals surface area contributed by atoms with Crippen molar-refractivity contribution in [3.63, 3.8) is 0 Å². The van der Waals surface area contributed by atoms with Gasteiger partial charge in [-0.2, -0.15) is 0 Å². The Balaban J connectivity index is 2.03. The summed E-state index contributed by atoms with van der Waals surface area (Å²) >= 11 is 3.36. The molecule has 0 radical (unpaired) electrons. The number of hydrogen-bond acceptors (Lipinski definition) is 2. The van der Waals surface area contributed by atoms with Crippen LogP contribution >= 0.6 is 15.9 Å². The zero-order valence-corrected chi connectivity index (χ0v) is 11.5. The molecule has 1 aromatic carbocycles. The minimum absolute atomic E-state index is 0.0969. The van der Waals surface area contributed by atoms with Crippen LogP contribution < -0.4 is 11.1 Å². The van der Waals surface area contributed by atoms with E-state index in [1.54, 1.807) is 12.1 Å². The average Bonchev–Trinajstić information content (AvgIpc) is 3.00. The largest absolute Gasteiger partial charge is 0.329 e. The first-order valence-electron chi connectivity index (χ1n) is 6.00. The molecule has 2 nitrogen and oxygen atoms in total. The number of nitrogens with one attached hydrogen (secondary N) is 1. The third-order valence-corrected chi connectivity index (χ3v) is 3.96. The molecule has 3 atom stereocenters. The Hall–Kier alpha value is -0.450. The molecular formula is C13H18BrFN2. The Morgan fingerprint density at radius 2 is 2.29 bits per heavy atom. The summed E-state index contributed by atoms with van der Waals surface area (Å²) in [5, 5.41) is 3.36. The third kappa shape index (κ3) is 3.27. The summed E-state index contributed by atoms with van der Waals surface area (Å²) in [5.74, 6) is 1.34. The van der Waals surface area contributed by atoms with E-state index >= 15 is 0 Å². The lowest BCUT2D eigenvalue weighted by Crippen LogP contribution is -2.30. The number of nitrogens with two attached hydrogens (primary N) is 1. The van der Waals surface area contributed by atoms with Crippen LogP contribution in [0.1, 0.15) is 24.9 Å². The summed E-state index contributed by atoms with van der Waals surface area (Å²) in [7, 11) is 0. The van der Waals surface area contributed by atoms with Gasteiger partial charge in [-0.25, -0.2) is 4.39 Å². The molecule has 0 bridgehead atoms. The Bertz CT molecular complexity index is 397. The van der Waals surface area contributed by atoms with Gasteiger partial charge in [0.2, 0.25) is 0 Å². The summed E-state index contributed by atoms with van der Waals surface area (Å²) < 4.78 is 14.6. The molecule has 17 heavy (non-hydrogen) atoms. The molecule has 1 aromatic rings. The summed E-state index contributed by atoms with van der Waals surface area (Å²) in [5.41, 5.74) is 6.37. The first kappa shape index (κ1) is 13.0. The van der Waals surface area contributed by atoms with Gasteiger partial charge in [0.1, 0.15) is 5.82 Å². The lowest BCUT2D eigenvalue weighted by atomic mass is 10.1. The molecule has 3 unspecified atom stereocenters. The molecule has 2 rings (SSSR count). The topological polar surface area (TPSA) is 38.0 Å². The summed E-state index contributed by atoms with van der Waals surface area (Å²) in [6, 6.07) is 4.88. The van der Waals surface area contributed by atoms with Crippen LogP contribution in [0.5, 0.6) is 0 Å². The van der Waals surface area contributed by atoms with E-state index in [-0.39, 0.29) is 11.9 Å². The van der Waals surface area contributed by atoms with E-state index in [1.807, 2.05) is 0 Å². The van der Waals surface area contributed by atoms with Crippen molar-refractivity contribution in [2.75, 3.05) is 13.1 Å². The molecule has 4 heteroatoms. The van der Waals surface area contributed by atoms with Gasteiger partial charge in [0.05, 0.1) is 0 Å². The fourth-order valence-corrected chi connectivity index (χ4v) is 2.46. The van der Waals surface area contributed by atoms with Crippen molar-refractivity contribution in [3.8, 4) is 0 Å². The summed E-state index contributed by atoms with van der Waals surface area (Å²) in [6.07, 6.45) is 1.27. The molecule has 94 valence electrons. The maximum absolute atomic E-state index is 13.7. The number of benzene rings is 1. The average molecular weight is 301 g/mol. The fraction of sp³-hybridized carbons (Fsp3) is 0.538. The lowest BCUT2D eigenvalue weighted by molar-refractivity contribution is 0.486.